The normalized spacial score (nSPS) is 13.9. The number of aromatic nitrogens is 2. The van der Waals surface area contributed by atoms with Crippen LogP contribution >= 0.6 is 0 Å². The molecule has 3 aromatic rings. The van der Waals surface area contributed by atoms with Gasteiger partial charge in [-0.1, -0.05) is 0 Å². The molecule has 1 amide bonds. The second kappa shape index (κ2) is 8.24. The summed E-state index contributed by atoms with van der Waals surface area (Å²) in [6.07, 6.45) is 3.30. The first-order chi connectivity index (χ1) is 14.2. The Kier molecular flexibility index (Phi) is 5.35. The zero-order valence-corrected chi connectivity index (χ0v) is 15.7. The number of hydrogen-bond acceptors (Lipinski definition) is 7. The molecule has 0 bridgehead atoms. The fourth-order valence-electron chi connectivity index (χ4n) is 3.31. The number of carbonyl (C=O) groups is 2. The molecule has 1 fully saturated rings. The molecular weight excluding hydrogens is 372 g/mol. The molecule has 0 atom stereocenters. The minimum Gasteiger partial charge on any atom is -0.416 e. The van der Waals surface area contributed by atoms with E-state index >= 15 is 0 Å². The van der Waals surface area contributed by atoms with Gasteiger partial charge in [0.05, 0.1) is 5.56 Å². The SMILES string of the molecule is NOC(=O)c1ccc(-c2nnc(-c3ccc(C(=O)N4CCCCC4)cc3)o2)cc1. The molecule has 0 radical (unpaired) electrons. The number of nitrogens with two attached hydrogens (primary N) is 1. The average molecular weight is 392 g/mol. The number of carbonyl (C=O) groups excluding carboxylic acids is 2. The highest BCUT2D eigenvalue weighted by molar-refractivity contribution is 5.94. The summed E-state index contributed by atoms with van der Waals surface area (Å²) >= 11 is 0. The Morgan fingerprint density at radius 1 is 0.828 bits per heavy atom. The van der Waals surface area contributed by atoms with Gasteiger partial charge in [0.2, 0.25) is 11.8 Å². The van der Waals surface area contributed by atoms with Gasteiger partial charge in [-0.3, -0.25) is 4.79 Å². The number of likely N-dealkylation sites (tertiary alicyclic amines) is 1. The first-order valence-corrected chi connectivity index (χ1v) is 9.40. The number of benzene rings is 2. The summed E-state index contributed by atoms with van der Waals surface area (Å²) in [7, 11) is 0. The van der Waals surface area contributed by atoms with E-state index in [2.05, 4.69) is 15.0 Å². The van der Waals surface area contributed by atoms with Gasteiger partial charge in [-0.25, -0.2) is 4.79 Å². The molecule has 1 aromatic heterocycles. The first kappa shape index (κ1) is 18.8. The summed E-state index contributed by atoms with van der Waals surface area (Å²) < 4.78 is 5.74. The Labute approximate surface area is 167 Å². The summed E-state index contributed by atoms with van der Waals surface area (Å²) in [5.74, 6) is 4.98. The smallest absolute Gasteiger partial charge is 0.356 e. The molecule has 148 valence electrons. The molecule has 1 saturated heterocycles. The second-order valence-corrected chi connectivity index (χ2v) is 6.83. The van der Waals surface area contributed by atoms with Gasteiger partial charge in [-0.05, 0) is 67.8 Å². The van der Waals surface area contributed by atoms with E-state index < -0.39 is 5.97 Å². The highest BCUT2D eigenvalue weighted by Crippen LogP contribution is 2.25. The van der Waals surface area contributed by atoms with E-state index in [0.717, 1.165) is 31.5 Å². The average Bonchev–Trinajstić information content (AvgIpc) is 3.29. The molecule has 2 aromatic carbocycles. The van der Waals surface area contributed by atoms with Crippen molar-refractivity contribution in [3.05, 3.63) is 59.7 Å². The molecule has 0 saturated carbocycles. The predicted octanol–water partition coefficient (Wildman–Crippen LogP) is 3.06. The molecule has 8 heteroatoms. The van der Waals surface area contributed by atoms with Crippen molar-refractivity contribution in [2.24, 2.45) is 5.90 Å². The van der Waals surface area contributed by atoms with Crippen molar-refractivity contribution >= 4 is 11.9 Å². The van der Waals surface area contributed by atoms with Crippen LogP contribution < -0.4 is 5.90 Å². The van der Waals surface area contributed by atoms with Crippen molar-refractivity contribution in [3.63, 3.8) is 0 Å². The highest BCUT2D eigenvalue weighted by Gasteiger charge is 2.18. The lowest BCUT2D eigenvalue weighted by Crippen LogP contribution is -2.35. The lowest BCUT2D eigenvalue weighted by Gasteiger charge is -2.26. The van der Waals surface area contributed by atoms with Gasteiger partial charge in [0, 0.05) is 29.8 Å². The Balaban J connectivity index is 1.49. The lowest BCUT2D eigenvalue weighted by molar-refractivity contribution is 0.0503. The highest BCUT2D eigenvalue weighted by atomic mass is 16.7. The Morgan fingerprint density at radius 3 is 1.86 bits per heavy atom. The van der Waals surface area contributed by atoms with Crippen LogP contribution in [-0.2, 0) is 4.84 Å². The molecule has 0 spiro atoms. The molecular formula is C21H20N4O4. The third kappa shape index (κ3) is 4.02. The van der Waals surface area contributed by atoms with Crippen LogP contribution in [0.15, 0.2) is 52.9 Å². The van der Waals surface area contributed by atoms with Crippen LogP contribution in [0, 0.1) is 0 Å². The molecule has 0 aliphatic carbocycles. The third-order valence-electron chi connectivity index (χ3n) is 4.92. The lowest BCUT2D eigenvalue weighted by atomic mass is 10.1. The first-order valence-electron chi connectivity index (χ1n) is 9.40. The fourth-order valence-corrected chi connectivity index (χ4v) is 3.31. The summed E-state index contributed by atoms with van der Waals surface area (Å²) in [6.45, 7) is 1.63. The molecule has 2 N–H and O–H groups in total. The molecule has 8 nitrogen and oxygen atoms in total. The van der Waals surface area contributed by atoms with E-state index in [1.807, 2.05) is 4.90 Å². The molecule has 4 rings (SSSR count). The predicted molar refractivity (Wildman–Crippen MR) is 105 cm³/mol. The van der Waals surface area contributed by atoms with E-state index in [1.54, 1.807) is 48.5 Å². The Bertz CT molecular complexity index is 1010. The van der Waals surface area contributed by atoms with Gasteiger partial charge in [0.15, 0.2) is 0 Å². The van der Waals surface area contributed by atoms with E-state index in [1.165, 1.54) is 6.42 Å². The largest absolute Gasteiger partial charge is 0.416 e. The zero-order valence-electron chi connectivity index (χ0n) is 15.7. The van der Waals surface area contributed by atoms with Crippen LogP contribution in [-0.4, -0.2) is 40.1 Å². The molecule has 29 heavy (non-hydrogen) atoms. The number of rotatable bonds is 4. The maximum atomic E-state index is 12.6. The number of nitrogens with zero attached hydrogens (tertiary/aromatic N) is 3. The van der Waals surface area contributed by atoms with Crippen LogP contribution in [0.3, 0.4) is 0 Å². The maximum absolute atomic E-state index is 12.6. The third-order valence-corrected chi connectivity index (χ3v) is 4.92. The monoisotopic (exact) mass is 392 g/mol. The van der Waals surface area contributed by atoms with Gasteiger partial charge < -0.3 is 14.2 Å². The fraction of sp³-hybridized carbons (Fsp3) is 0.238. The second-order valence-electron chi connectivity index (χ2n) is 6.83. The van der Waals surface area contributed by atoms with Crippen molar-refractivity contribution in [1.29, 1.82) is 0 Å². The molecule has 0 unspecified atom stereocenters. The van der Waals surface area contributed by atoms with Crippen LogP contribution in [0.4, 0.5) is 0 Å². The summed E-state index contributed by atoms with van der Waals surface area (Å²) in [4.78, 5) is 30.1. The number of amides is 1. The molecule has 1 aliphatic heterocycles. The van der Waals surface area contributed by atoms with Crippen molar-refractivity contribution in [3.8, 4) is 22.9 Å². The Morgan fingerprint density at radius 2 is 1.34 bits per heavy atom. The van der Waals surface area contributed by atoms with Gasteiger partial charge in [-0.2, -0.15) is 5.90 Å². The molecule has 1 aliphatic rings. The summed E-state index contributed by atoms with van der Waals surface area (Å²) in [6, 6.07) is 13.6. The summed E-state index contributed by atoms with van der Waals surface area (Å²) in [5.41, 5.74) is 2.36. The van der Waals surface area contributed by atoms with Crippen molar-refractivity contribution in [2.75, 3.05) is 13.1 Å². The van der Waals surface area contributed by atoms with Gasteiger partial charge in [0.1, 0.15) is 0 Å². The minimum absolute atomic E-state index is 0.0542. The van der Waals surface area contributed by atoms with Crippen molar-refractivity contribution < 1.29 is 18.8 Å². The van der Waals surface area contributed by atoms with Gasteiger partial charge >= 0.3 is 5.97 Å². The standard InChI is InChI=1S/C21H20N4O4/c22-29-21(27)17-10-6-15(7-11-17)19-24-23-18(28-19)14-4-8-16(9-5-14)20(26)25-12-2-1-3-13-25/h4-11H,1-3,12-13,22H2. The van der Waals surface area contributed by atoms with E-state index in [9.17, 15) is 9.59 Å². The summed E-state index contributed by atoms with van der Waals surface area (Å²) in [5, 5.41) is 8.13. The topological polar surface area (TPSA) is 112 Å². The molecule has 2 heterocycles. The quantitative estimate of drug-likeness (QED) is 0.679. The maximum Gasteiger partial charge on any atom is 0.356 e. The van der Waals surface area contributed by atoms with E-state index in [0.29, 0.717) is 28.5 Å². The van der Waals surface area contributed by atoms with Crippen LogP contribution in [0.25, 0.3) is 22.9 Å². The minimum atomic E-state index is -0.623. The van der Waals surface area contributed by atoms with Crippen molar-refractivity contribution in [2.45, 2.75) is 19.3 Å². The van der Waals surface area contributed by atoms with Crippen molar-refractivity contribution in [1.82, 2.24) is 15.1 Å². The van der Waals surface area contributed by atoms with Crippen LogP contribution in [0.2, 0.25) is 0 Å². The van der Waals surface area contributed by atoms with E-state index in [-0.39, 0.29) is 5.91 Å². The van der Waals surface area contributed by atoms with Gasteiger partial charge in [0.25, 0.3) is 5.91 Å². The number of hydrogen-bond donors (Lipinski definition) is 1. The van der Waals surface area contributed by atoms with Crippen LogP contribution in [0.5, 0.6) is 0 Å². The van der Waals surface area contributed by atoms with Crippen LogP contribution in [0.1, 0.15) is 40.0 Å². The Hall–Kier alpha value is -3.52. The number of piperidine rings is 1. The zero-order chi connectivity index (χ0) is 20.2. The van der Waals surface area contributed by atoms with Gasteiger partial charge in [-0.15, -0.1) is 10.2 Å². The van der Waals surface area contributed by atoms with E-state index in [4.69, 9.17) is 10.3 Å².